The van der Waals surface area contributed by atoms with Gasteiger partial charge in [-0.25, -0.2) is 9.36 Å². The van der Waals surface area contributed by atoms with Crippen molar-refractivity contribution < 1.29 is 23.6 Å². The summed E-state index contributed by atoms with van der Waals surface area (Å²) in [6, 6.07) is 0. The van der Waals surface area contributed by atoms with Crippen molar-refractivity contribution in [3.8, 4) is 0 Å². The van der Waals surface area contributed by atoms with Crippen LogP contribution >= 0.6 is 0 Å². The van der Waals surface area contributed by atoms with Crippen molar-refractivity contribution in [2.45, 2.75) is 39.5 Å². The zero-order valence-corrected chi connectivity index (χ0v) is 12.8. The maximum atomic E-state index is 12.4. The molecule has 0 aliphatic heterocycles. The average molecular weight is 285 g/mol. The Hall–Kier alpha value is -1.40. The standard InChI is InChI=1S/C14H25N2O4/c1-5-8-11-20-14(19-7-3,13(17)18-6-2)16-10-9-15(4)12-16/h9-10,12H,5-8,11H2,1-4H3/q+1. The Labute approximate surface area is 120 Å². The van der Waals surface area contributed by atoms with E-state index in [1.807, 2.05) is 24.7 Å². The smallest absolute Gasteiger partial charge is 0.430 e. The first-order valence-corrected chi connectivity index (χ1v) is 7.09. The highest BCUT2D eigenvalue weighted by Gasteiger charge is 2.50. The summed E-state index contributed by atoms with van der Waals surface area (Å²) in [7, 11) is 1.87. The first-order chi connectivity index (χ1) is 9.60. The molecule has 0 N–H and O–H groups in total. The summed E-state index contributed by atoms with van der Waals surface area (Å²) in [4.78, 5) is 12.4. The van der Waals surface area contributed by atoms with Gasteiger partial charge in [-0.2, -0.15) is 4.57 Å². The quantitative estimate of drug-likeness (QED) is 0.297. The number of hydrogen-bond acceptors (Lipinski definition) is 4. The summed E-state index contributed by atoms with van der Waals surface area (Å²) in [5.41, 5.74) is 0. The SMILES string of the molecule is CCCCOC(OCC)(C(=O)OCC)n1cc[n+](C)c1. The molecule has 20 heavy (non-hydrogen) atoms. The Morgan fingerprint density at radius 2 is 2.00 bits per heavy atom. The fourth-order valence-corrected chi connectivity index (χ4v) is 1.81. The molecule has 0 aromatic carbocycles. The zero-order valence-electron chi connectivity index (χ0n) is 12.8. The molecule has 1 aromatic rings. The largest absolute Gasteiger partial charge is 0.459 e. The molecule has 1 unspecified atom stereocenters. The van der Waals surface area contributed by atoms with Crippen LogP contribution in [-0.4, -0.2) is 30.4 Å². The molecule has 1 rings (SSSR count). The summed E-state index contributed by atoms with van der Waals surface area (Å²) >= 11 is 0. The van der Waals surface area contributed by atoms with Gasteiger partial charge in [-0.05, 0) is 20.3 Å². The highest BCUT2D eigenvalue weighted by atomic mass is 16.7. The summed E-state index contributed by atoms with van der Waals surface area (Å²) in [6.45, 7) is 6.69. The number of unbranched alkanes of at least 4 members (excludes halogenated alkanes) is 1. The Morgan fingerprint density at radius 3 is 2.50 bits per heavy atom. The van der Waals surface area contributed by atoms with E-state index in [1.165, 1.54) is 0 Å². The first-order valence-electron chi connectivity index (χ1n) is 7.09. The molecule has 0 aliphatic rings. The molecule has 6 heteroatoms. The van der Waals surface area contributed by atoms with Crippen LogP contribution < -0.4 is 4.57 Å². The van der Waals surface area contributed by atoms with Gasteiger partial charge in [0.1, 0.15) is 12.4 Å². The third-order valence-electron chi connectivity index (χ3n) is 2.78. The molecular formula is C14H25N2O4+. The number of aromatic nitrogens is 2. The van der Waals surface area contributed by atoms with Crippen LogP contribution in [-0.2, 0) is 32.0 Å². The van der Waals surface area contributed by atoms with E-state index in [4.69, 9.17) is 14.2 Å². The van der Waals surface area contributed by atoms with Crippen molar-refractivity contribution in [2.24, 2.45) is 7.05 Å². The molecule has 0 spiro atoms. The van der Waals surface area contributed by atoms with Crippen LogP contribution in [0.5, 0.6) is 0 Å². The molecule has 6 nitrogen and oxygen atoms in total. The first kappa shape index (κ1) is 16.7. The summed E-state index contributed by atoms with van der Waals surface area (Å²) < 4.78 is 20.0. The number of esters is 1. The maximum absolute atomic E-state index is 12.4. The van der Waals surface area contributed by atoms with Crippen LogP contribution in [0.1, 0.15) is 33.6 Å². The van der Waals surface area contributed by atoms with Crippen LogP contribution in [0.2, 0.25) is 0 Å². The molecule has 0 aliphatic carbocycles. The van der Waals surface area contributed by atoms with Crippen LogP contribution in [0.25, 0.3) is 0 Å². The second-order valence-corrected chi connectivity index (χ2v) is 4.42. The second-order valence-electron chi connectivity index (χ2n) is 4.42. The van der Waals surface area contributed by atoms with Gasteiger partial charge in [0.05, 0.1) is 26.9 Å². The lowest BCUT2D eigenvalue weighted by Gasteiger charge is -2.27. The fraction of sp³-hybridized carbons (Fsp3) is 0.714. The number of carbonyl (C=O) groups excluding carboxylic acids is 1. The van der Waals surface area contributed by atoms with E-state index in [9.17, 15) is 4.79 Å². The highest BCUT2D eigenvalue weighted by Crippen LogP contribution is 2.23. The number of rotatable bonds is 9. The highest BCUT2D eigenvalue weighted by molar-refractivity contribution is 5.75. The van der Waals surface area contributed by atoms with Gasteiger partial charge in [-0.3, -0.25) is 0 Å². The Morgan fingerprint density at radius 1 is 1.25 bits per heavy atom. The van der Waals surface area contributed by atoms with Gasteiger partial charge in [0.2, 0.25) is 6.33 Å². The third kappa shape index (κ3) is 3.80. The minimum Gasteiger partial charge on any atom is -0.459 e. The lowest BCUT2D eigenvalue weighted by atomic mass is 10.3. The normalized spacial score (nSPS) is 14.0. The lowest BCUT2D eigenvalue weighted by molar-refractivity contribution is -0.671. The van der Waals surface area contributed by atoms with E-state index in [0.717, 1.165) is 12.8 Å². The van der Waals surface area contributed by atoms with Crippen molar-refractivity contribution in [1.29, 1.82) is 0 Å². The number of ether oxygens (including phenoxy) is 3. The monoisotopic (exact) mass is 285 g/mol. The predicted octanol–water partition coefficient (Wildman–Crippen LogP) is 1.34. The van der Waals surface area contributed by atoms with Gasteiger partial charge in [0, 0.05) is 0 Å². The molecule has 1 heterocycles. The zero-order chi connectivity index (χ0) is 15.0. The second kappa shape index (κ2) is 8.01. The van der Waals surface area contributed by atoms with Crippen molar-refractivity contribution >= 4 is 5.97 Å². The third-order valence-corrected chi connectivity index (χ3v) is 2.78. The van der Waals surface area contributed by atoms with Gasteiger partial charge in [0.15, 0.2) is 0 Å². The van der Waals surface area contributed by atoms with E-state index in [2.05, 4.69) is 6.92 Å². The maximum Gasteiger partial charge on any atom is 0.430 e. The number of hydrogen-bond donors (Lipinski definition) is 0. The Balaban J connectivity index is 3.07. The van der Waals surface area contributed by atoms with Gasteiger partial charge < -0.3 is 14.2 Å². The molecule has 1 atom stereocenters. The Kier molecular flexibility index (Phi) is 6.67. The molecular weight excluding hydrogens is 260 g/mol. The van der Waals surface area contributed by atoms with Crippen molar-refractivity contribution in [1.82, 2.24) is 4.57 Å². The van der Waals surface area contributed by atoms with Crippen molar-refractivity contribution in [2.75, 3.05) is 19.8 Å². The minimum absolute atomic E-state index is 0.276. The van der Waals surface area contributed by atoms with Gasteiger partial charge in [-0.15, -0.1) is 0 Å². The van der Waals surface area contributed by atoms with Crippen LogP contribution in [0, 0.1) is 0 Å². The minimum atomic E-state index is -1.54. The molecule has 0 bridgehead atoms. The van der Waals surface area contributed by atoms with Crippen LogP contribution in [0.3, 0.4) is 0 Å². The number of imidazole rings is 1. The molecule has 0 fully saturated rings. The summed E-state index contributed by atoms with van der Waals surface area (Å²) in [5.74, 6) is -2.07. The molecule has 114 valence electrons. The topological polar surface area (TPSA) is 53.6 Å². The van der Waals surface area contributed by atoms with E-state index in [0.29, 0.717) is 13.2 Å². The van der Waals surface area contributed by atoms with Gasteiger partial charge in [-0.1, -0.05) is 13.3 Å². The van der Waals surface area contributed by atoms with E-state index in [1.54, 1.807) is 24.0 Å². The van der Waals surface area contributed by atoms with Crippen molar-refractivity contribution in [3.63, 3.8) is 0 Å². The van der Waals surface area contributed by atoms with Crippen LogP contribution in [0.4, 0.5) is 0 Å². The summed E-state index contributed by atoms with van der Waals surface area (Å²) in [5, 5.41) is 0. The summed E-state index contributed by atoms with van der Waals surface area (Å²) in [6.07, 6.45) is 7.11. The molecule has 1 aromatic heterocycles. The molecule has 0 saturated carbocycles. The molecule has 0 amide bonds. The van der Waals surface area contributed by atoms with Crippen LogP contribution in [0.15, 0.2) is 18.7 Å². The number of aryl methyl sites for hydroxylation is 1. The predicted molar refractivity (Wildman–Crippen MR) is 72.7 cm³/mol. The van der Waals surface area contributed by atoms with E-state index < -0.39 is 11.9 Å². The fourth-order valence-electron chi connectivity index (χ4n) is 1.81. The number of carbonyl (C=O) groups is 1. The Bertz CT molecular complexity index is 419. The molecule has 0 saturated heterocycles. The van der Waals surface area contributed by atoms with Crippen molar-refractivity contribution in [3.05, 3.63) is 18.7 Å². The van der Waals surface area contributed by atoms with E-state index in [-0.39, 0.29) is 6.61 Å². The number of nitrogens with zero attached hydrogens (tertiary/aromatic N) is 2. The van der Waals surface area contributed by atoms with Gasteiger partial charge >= 0.3 is 11.9 Å². The average Bonchev–Trinajstić information content (AvgIpc) is 2.85. The molecule has 0 radical (unpaired) electrons. The van der Waals surface area contributed by atoms with E-state index >= 15 is 0 Å². The van der Waals surface area contributed by atoms with Gasteiger partial charge in [0.25, 0.3) is 0 Å². The lowest BCUT2D eigenvalue weighted by Crippen LogP contribution is -2.48.